The van der Waals surface area contributed by atoms with Gasteiger partial charge in [0.15, 0.2) is 17.5 Å². The number of rotatable bonds is 4. The summed E-state index contributed by atoms with van der Waals surface area (Å²) in [6.07, 6.45) is 2.93. The number of para-hydroxylation sites is 1. The molecule has 0 bridgehead atoms. The smallest absolute Gasteiger partial charge is 0.309 e. The summed E-state index contributed by atoms with van der Waals surface area (Å²) in [4.78, 5) is 15.4. The Labute approximate surface area is 169 Å². The number of fused-ring (bicyclic) bond motifs is 1. The van der Waals surface area contributed by atoms with Crippen LogP contribution in [0.3, 0.4) is 0 Å². The maximum absolute atomic E-state index is 14.2. The van der Waals surface area contributed by atoms with Crippen molar-refractivity contribution in [2.75, 3.05) is 0 Å². The van der Waals surface area contributed by atoms with Crippen molar-refractivity contribution in [3.05, 3.63) is 71.7 Å². The van der Waals surface area contributed by atoms with E-state index in [9.17, 15) is 23.1 Å². The van der Waals surface area contributed by atoms with Crippen LogP contribution in [0.25, 0.3) is 17.0 Å². The van der Waals surface area contributed by atoms with Gasteiger partial charge in [-0.2, -0.15) is 0 Å². The molecular formula is C22H16F3NO4. The third-order valence-electron chi connectivity index (χ3n) is 4.62. The monoisotopic (exact) mass is 415 g/mol. The highest BCUT2D eigenvalue weighted by molar-refractivity contribution is 5.89. The number of ether oxygens (including phenoxy) is 2. The Morgan fingerprint density at radius 2 is 1.93 bits per heavy atom. The Kier molecular flexibility index (Phi) is 5.41. The molecule has 1 N–H and O–H groups in total. The number of pyridine rings is 1. The van der Waals surface area contributed by atoms with Crippen LogP contribution in [0.5, 0.6) is 11.5 Å². The van der Waals surface area contributed by atoms with E-state index in [0.717, 1.165) is 6.07 Å². The normalized spacial score (nSPS) is 19.3. The molecule has 5 nitrogen and oxygen atoms in total. The Hall–Kier alpha value is -3.39. The molecule has 1 aliphatic heterocycles. The highest BCUT2D eigenvalue weighted by atomic mass is 19.2. The van der Waals surface area contributed by atoms with Gasteiger partial charge < -0.3 is 14.6 Å². The second-order valence-corrected chi connectivity index (χ2v) is 6.82. The van der Waals surface area contributed by atoms with Gasteiger partial charge >= 0.3 is 5.97 Å². The number of benzene rings is 2. The van der Waals surface area contributed by atoms with E-state index in [0.29, 0.717) is 11.3 Å². The second kappa shape index (κ2) is 8.16. The van der Waals surface area contributed by atoms with E-state index in [2.05, 4.69) is 4.98 Å². The summed E-state index contributed by atoms with van der Waals surface area (Å²) in [5.74, 6) is -4.48. The fraction of sp³-hybridized carbons (Fsp3) is 0.182. The van der Waals surface area contributed by atoms with Gasteiger partial charge in [-0.1, -0.05) is 24.3 Å². The van der Waals surface area contributed by atoms with Crippen molar-refractivity contribution >= 4 is 22.9 Å². The van der Waals surface area contributed by atoms with Crippen LogP contribution in [0.2, 0.25) is 0 Å². The molecule has 2 aromatic carbocycles. The van der Waals surface area contributed by atoms with E-state index in [4.69, 9.17) is 9.47 Å². The molecule has 2 atom stereocenters. The Balaban J connectivity index is 1.80. The predicted octanol–water partition coefficient (Wildman–Crippen LogP) is 4.52. The molecule has 1 aromatic heterocycles. The van der Waals surface area contributed by atoms with Gasteiger partial charge in [-0.15, -0.1) is 0 Å². The van der Waals surface area contributed by atoms with Gasteiger partial charge in [0, 0.05) is 23.6 Å². The fourth-order valence-electron chi connectivity index (χ4n) is 3.21. The third-order valence-corrected chi connectivity index (χ3v) is 4.62. The Morgan fingerprint density at radius 3 is 2.67 bits per heavy atom. The predicted molar refractivity (Wildman–Crippen MR) is 102 cm³/mol. The summed E-state index contributed by atoms with van der Waals surface area (Å²) < 4.78 is 52.8. The number of nitrogens with zero attached hydrogens (tertiary/aromatic N) is 1. The van der Waals surface area contributed by atoms with E-state index in [1.165, 1.54) is 18.3 Å². The van der Waals surface area contributed by atoms with Gasteiger partial charge in [-0.05, 0) is 24.3 Å². The maximum atomic E-state index is 14.2. The zero-order valence-corrected chi connectivity index (χ0v) is 15.5. The van der Waals surface area contributed by atoms with Crippen LogP contribution < -0.4 is 4.74 Å². The van der Waals surface area contributed by atoms with Crippen LogP contribution >= 0.6 is 0 Å². The summed E-state index contributed by atoms with van der Waals surface area (Å²) >= 11 is 0. The van der Waals surface area contributed by atoms with E-state index in [1.807, 2.05) is 0 Å². The minimum Gasteiger partial charge on any atom is -0.458 e. The minimum atomic E-state index is -1.62. The van der Waals surface area contributed by atoms with Gasteiger partial charge in [0.1, 0.15) is 23.1 Å². The number of aliphatic hydroxyl groups excluding tert-OH is 1. The van der Waals surface area contributed by atoms with Crippen molar-refractivity contribution < 1.29 is 32.5 Å². The number of aromatic nitrogens is 1. The molecule has 0 radical (unpaired) electrons. The highest BCUT2D eigenvalue weighted by Gasteiger charge is 2.25. The zero-order valence-electron chi connectivity index (χ0n) is 15.5. The van der Waals surface area contributed by atoms with Crippen LogP contribution in [0, 0.1) is 17.5 Å². The number of halogens is 3. The number of aliphatic hydroxyl groups is 1. The van der Waals surface area contributed by atoms with Crippen molar-refractivity contribution in [2.45, 2.75) is 25.0 Å². The Morgan fingerprint density at radius 1 is 1.17 bits per heavy atom. The van der Waals surface area contributed by atoms with Crippen LogP contribution in [0.15, 0.2) is 48.7 Å². The van der Waals surface area contributed by atoms with Crippen molar-refractivity contribution in [3.8, 4) is 11.5 Å². The standard InChI is InChI=1S/C22H16F3NO4/c23-17-10-16-21(20(25)19(17)24)26-11-12(22(16)30-14-4-2-1-3-5-14)6-7-15-8-13(27)9-18(28)29-15/h1-7,10-11,13,15,27H,8-9H2/b7-6+/t13-,15-/m1/s1. The van der Waals surface area contributed by atoms with Gasteiger partial charge in [0.05, 0.1) is 12.5 Å². The SMILES string of the molecule is O=C1C[C@H](O)C[C@@H](/C=C/c2cnc3c(F)c(F)c(F)cc3c2Oc2ccccc2)O1. The summed E-state index contributed by atoms with van der Waals surface area (Å²) in [5, 5.41) is 9.68. The number of carbonyl (C=O) groups excluding carboxylic acids is 1. The molecule has 0 saturated carbocycles. The van der Waals surface area contributed by atoms with Crippen molar-refractivity contribution in [1.82, 2.24) is 4.98 Å². The van der Waals surface area contributed by atoms with E-state index >= 15 is 0 Å². The first-order valence-corrected chi connectivity index (χ1v) is 9.17. The van der Waals surface area contributed by atoms with Gasteiger partial charge in [0.25, 0.3) is 0 Å². The summed E-state index contributed by atoms with van der Waals surface area (Å²) in [6, 6.07) is 9.33. The van der Waals surface area contributed by atoms with Crippen LogP contribution in [-0.2, 0) is 9.53 Å². The highest BCUT2D eigenvalue weighted by Crippen LogP contribution is 2.36. The molecule has 154 valence electrons. The molecule has 1 saturated heterocycles. The second-order valence-electron chi connectivity index (χ2n) is 6.82. The largest absolute Gasteiger partial charge is 0.458 e. The minimum absolute atomic E-state index is 0.0573. The number of esters is 1. The molecule has 4 rings (SSSR count). The third kappa shape index (κ3) is 3.99. The van der Waals surface area contributed by atoms with Crippen molar-refractivity contribution in [2.24, 2.45) is 0 Å². The lowest BCUT2D eigenvalue weighted by atomic mass is 10.0. The van der Waals surface area contributed by atoms with Crippen LogP contribution in [0.4, 0.5) is 13.2 Å². The molecule has 1 fully saturated rings. The number of carbonyl (C=O) groups is 1. The van der Waals surface area contributed by atoms with E-state index in [-0.39, 0.29) is 29.5 Å². The lowest BCUT2D eigenvalue weighted by Crippen LogP contribution is -2.31. The number of hydrogen-bond donors (Lipinski definition) is 1. The molecule has 8 heteroatoms. The molecule has 0 spiro atoms. The van der Waals surface area contributed by atoms with E-state index in [1.54, 1.807) is 30.3 Å². The number of hydrogen-bond acceptors (Lipinski definition) is 5. The lowest BCUT2D eigenvalue weighted by Gasteiger charge is -2.23. The fourth-order valence-corrected chi connectivity index (χ4v) is 3.21. The zero-order chi connectivity index (χ0) is 21.3. The van der Waals surface area contributed by atoms with Crippen molar-refractivity contribution in [1.29, 1.82) is 0 Å². The first kappa shape index (κ1) is 19.9. The molecule has 0 aliphatic carbocycles. The summed E-state index contributed by atoms with van der Waals surface area (Å²) in [5.41, 5.74) is -0.0515. The average Bonchev–Trinajstić information content (AvgIpc) is 2.72. The maximum Gasteiger partial charge on any atom is 0.309 e. The van der Waals surface area contributed by atoms with Gasteiger partial charge in [-0.25, -0.2) is 13.2 Å². The molecule has 0 unspecified atom stereocenters. The first-order valence-electron chi connectivity index (χ1n) is 9.17. The lowest BCUT2D eigenvalue weighted by molar-refractivity contribution is -0.156. The molecule has 1 aliphatic rings. The van der Waals surface area contributed by atoms with Gasteiger partial charge in [0.2, 0.25) is 0 Å². The molecule has 3 aromatic rings. The van der Waals surface area contributed by atoms with E-state index < -0.39 is 35.6 Å². The first-order chi connectivity index (χ1) is 14.4. The average molecular weight is 415 g/mol. The summed E-state index contributed by atoms with van der Waals surface area (Å²) in [7, 11) is 0. The summed E-state index contributed by atoms with van der Waals surface area (Å²) in [6.45, 7) is 0. The molecule has 2 heterocycles. The number of cyclic esters (lactones) is 1. The van der Waals surface area contributed by atoms with Crippen LogP contribution in [-0.4, -0.2) is 28.3 Å². The Bertz CT molecular complexity index is 1130. The molecule has 30 heavy (non-hydrogen) atoms. The van der Waals surface area contributed by atoms with Gasteiger partial charge in [-0.3, -0.25) is 9.78 Å². The molecule has 0 amide bonds. The van der Waals surface area contributed by atoms with Crippen molar-refractivity contribution in [3.63, 3.8) is 0 Å². The van der Waals surface area contributed by atoms with Crippen LogP contribution in [0.1, 0.15) is 18.4 Å². The quantitative estimate of drug-likeness (QED) is 0.501. The molecular weight excluding hydrogens is 399 g/mol. The topological polar surface area (TPSA) is 68.7 Å².